The number of imidazole rings is 1. The predicted molar refractivity (Wildman–Crippen MR) is 84.9 cm³/mol. The number of aromatic nitrogens is 4. The molecule has 2 aliphatic rings. The number of hydrogen-bond donors (Lipinski definition) is 4. The Hall–Kier alpha value is -2.16. The van der Waals surface area contributed by atoms with Crippen molar-refractivity contribution in [3.05, 3.63) is 20.5 Å². The zero-order chi connectivity index (χ0) is 18.8. The summed E-state index contributed by atoms with van der Waals surface area (Å²) in [6.45, 7) is -0.199. The first-order chi connectivity index (χ1) is 12.2. The van der Waals surface area contributed by atoms with Gasteiger partial charge in [0.1, 0.15) is 18.8 Å². The van der Waals surface area contributed by atoms with E-state index in [4.69, 9.17) is 27.1 Å². The topological polar surface area (TPSA) is 201 Å². The van der Waals surface area contributed by atoms with Crippen molar-refractivity contribution in [1.29, 1.82) is 0 Å². The Kier molecular flexibility index (Phi) is 3.77. The van der Waals surface area contributed by atoms with E-state index in [1.807, 2.05) is 0 Å². The van der Waals surface area contributed by atoms with Crippen molar-refractivity contribution in [2.24, 2.45) is 0 Å². The van der Waals surface area contributed by atoms with Gasteiger partial charge in [0, 0.05) is 0 Å². The minimum atomic E-state index is -3.63. The van der Waals surface area contributed by atoms with Gasteiger partial charge in [-0.3, -0.25) is 9.78 Å². The number of aliphatic hydroxyl groups excluding tert-OH is 1. The molecule has 0 spiro atoms. The van der Waals surface area contributed by atoms with Crippen LogP contribution >= 0.6 is 7.82 Å². The van der Waals surface area contributed by atoms with Crippen LogP contribution in [0.1, 0.15) is 6.23 Å². The Morgan fingerprint density at radius 3 is 2.92 bits per heavy atom. The third-order valence-corrected chi connectivity index (χ3v) is 5.04. The van der Waals surface area contributed by atoms with E-state index in [1.54, 1.807) is 0 Å². The number of nitro groups is 1. The molecule has 14 nitrogen and oxygen atoms in total. The zero-order valence-corrected chi connectivity index (χ0v) is 13.6. The number of aromatic amines is 1. The van der Waals surface area contributed by atoms with Crippen molar-refractivity contribution in [2.45, 2.75) is 24.5 Å². The number of aliphatic hydroxyl groups is 1. The lowest BCUT2D eigenvalue weighted by molar-refractivity contribution is -0.398. The van der Waals surface area contributed by atoms with Gasteiger partial charge in [-0.1, -0.05) is 4.98 Å². The van der Waals surface area contributed by atoms with Gasteiger partial charge in [0.15, 0.2) is 6.10 Å². The third kappa shape index (κ3) is 2.56. The maximum Gasteiger partial charge on any atom is 0.488 e. The molecule has 16 heteroatoms. The molecule has 4 heterocycles. The fourth-order valence-electron chi connectivity index (χ4n) is 2.93. The summed E-state index contributed by atoms with van der Waals surface area (Å²) in [6.07, 6.45) is -4.85. The predicted octanol–water partition coefficient (Wildman–Crippen LogP) is -1.88. The van der Waals surface area contributed by atoms with Crippen molar-refractivity contribution < 1.29 is 28.7 Å². The van der Waals surface area contributed by atoms with Gasteiger partial charge in [0.2, 0.25) is 17.8 Å². The van der Waals surface area contributed by atoms with Gasteiger partial charge in [-0.05, 0) is 4.92 Å². The van der Waals surface area contributed by atoms with Crippen LogP contribution in [0.3, 0.4) is 0 Å². The molecule has 5 atom stereocenters. The second-order valence-corrected chi connectivity index (χ2v) is 7.25. The van der Waals surface area contributed by atoms with Crippen LogP contribution in [-0.4, -0.2) is 66.9 Å². The second-order valence-electron chi connectivity index (χ2n) is 5.65. The van der Waals surface area contributed by atoms with Crippen molar-refractivity contribution in [1.82, 2.24) is 19.5 Å². The molecule has 0 saturated carbocycles. The Morgan fingerprint density at radius 1 is 1.50 bits per heavy atom. The molecule has 0 bridgehead atoms. The molecular formula is C10H11BN6O8P+. The largest absolute Gasteiger partial charge is 0.488 e. The Labute approximate surface area is 145 Å². The summed E-state index contributed by atoms with van der Waals surface area (Å²) >= 11 is 0. The number of hydrogen-bond acceptors (Lipinski definition) is 11. The molecule has 4 rings (SSSR count). The maximum atomic E-state index is 12.0. The van der Waals surface area contributed by atoms with Crippen molar-refractivity contribution in [2.75, 3.05) is 12.3 Å². The molecule has 5 N–H and O–H groups in total. The van der Waals surface area contributed by atoms with E-state index in [9.17, 15) is 24.9 Å². The first-order valence-corrected chi connectivity index (χ1v) is 8.81. The highest BCUT2D eigenvalue weighted by atomic mass is 31.2. The number of nitrogens with one attached hydrogen (secondary N) is 1. The van der Waals surface area contributed by atoms with Gasteiger partial charge in [-0.25, -0.2) is 4.89 Å². The Balaban J connectivity index is 1.85. The quantitative estimate of drug-likeness (QED) is 0.195. The molecule has 26 heavy (non-hydrogen) atoms. The molecule has 0 aromatic carbocycles. The summed E-state index contributed by atoms with van der Waals surface area (Å²) in [5, 5.41) is 21.9. The van der Waals surface area contributed by atoms with Gasteiger partial charge < -0.3 is 25.7 Å². The van der Waals surface area contributed by atoms with Crippen LogP contribution in [0, 0.1) is 10.1 Å². The molecule has 2 fully saturated rings. The molecule has 136 valence electrons. The van der Waals surface area contributed by atoms with Crippen LogP contribution in [-0.2, 0) is 13.8 Å². The van der Waals surface area contributed by atoms with Gasteiger partial charge in [0.25, 0.3) is 11.1 Å². The molecule has 0 aliphatic carbocycles. The third-order valence-electron chi connectivity index (χ3n) is 3.97. The summed E-state index contributed by atoms with van der Waals surface area (Å²) in [7, 11) is 1.79. The summed E-state index contributed by atoms with van der Waals surface area (Å²) in [6, 6.07) is 0. The maximum absolute atomic E-state index is 12.0. The number of nitrogen functional groups attached to an aromatic ring is 1. The van der Waals surface area contributed by atoms with Gasteiger partial charge in [-0.15, -0.1) is 0 Å². The normalized spacial score (nSPS) is 34.1. The van der Waals surface area contributed by atoms with Crippen molar-refractivity contribution in [3.8, 4) is 0 Å². The monoisotopic (exact) mass is 385 g/mol. The number of ether oxygens (including phenoxy) is 1. The molecule has 2 aromatic heterocycles. The Morgan fingerprint density at radius 2 is 2.23 bits per heavy atom. The lowest BCUT2D eigenvalue weighted by Gasteiger charge is -2.27. The highest BCUT2D eigenvalue weighted by Crippen LogP contribution is 2.58. The summed E-state index contributed by atoms with van der Waals surface area (Å²) in [5.74, 6) is -1.09. The number of nitrogens with zero attached hydrogens (tertiary/aromatic N) is 4. The summed E-state index contributed by atoms with van der Waals surface area (Å²) in [4.78, 5) is 41.9. The molecule has 2 aliphatic heterocycles. The van der Waals surface area contributed by atoms with E-state index < -0.39 is 48.8 Å². The number of H-pyrrole nitrogens is 1. The fourth-order valence-corrected chi connectivity index (χ4v) is 3.97. The summed E-state index contributed by atoms with van der Waals surface area (Å²) < 4.78 is 16.5. The zero-order valence-electron chi connectivity index (χ0n) is 12.8. The van der Waals surface area contributed by atoms with Crippen LogP contribution in [0.2, 0.25) is 0 Å². The van der Waals surface area contributed by atoms with E-state index in [1.165, 1.54) is 0 Å². The molecular weight excluding hydrogens is 374 g/mol. The molecule has 2 radical (unpaired) electrons. The number of nitrogens with two attached hydrogens (primary N) is 1. The van der Waals surface area contributed by atoms with Crippen LogP contribution in [0.5, 0.6) is 0 Å². The minimum absolute atomic E-state index is 0.199. The van der Waals surface area contributed by atoms with Crippen molar-refractivity contribution in [3.63, 3.8) is 0 Å². The average molecular weight is 385 g/mol. The van der Waals surface area contributed by atoms with Crippen LogP contribution in [0.4, 0.5) is 11.9 Å². The fraction of sp³-hybridized carbons (Fsp3) is 0.500. The number of anilines is 1. The average Bonchev–Trinajstić information content (AvgIpc) is 3.05. The molecule has 2 saturated heterocycles. The lowest BCUT2D eigenvalue weighted by Crippen LogP contribution is -2.40. The highest BCUT2D eigenvalue weighted by molar-refractivity contribution is 7.85. The van der Waals surface area contributed by atoms with Crippen molar-refractivity contribution >= 4 is 38.4 Å². The van der Waals surface area contributed by atoms with E-state index in [0.29, 0.717) is 0 Å². The lowest BCUT2D eigenvalue weighted by atomic mass is 10.1. The first kappa shape index (κ1) is 17.3. The van der Waals surface area contributed by atoms with Gasteiger partial charge in [0.05, 0.1) is 0 Å². The van der Waals surface area contributed by atoms with Crippen LogP contribution in [0.25, 0.3) is 11.2 Å². The summed E-state index contributed by atoms with van der Waals surface area (Å²) in [5.41, 5.74) is 4.10. The second kappa shape index (κ2) is 5.67. The van der Waals surface area contributed by atoms with E-state index in [2.05, 4.69) is 15.0 Å². The molecule has 0 amide bonds. The van der Waals surface area contributed by atoms with Gasteiger partial charge >= 0.3 is 21.3 Å². The number of rotatable bonds is 2. The van der Waals surface area contributed by atoms with E-state index >= 15 is 0 Å². The SMILES string of the molecule is [B][P+]1(O)OC[C@H]2O[C@@H](n3c([N+](=O)[O-])nc4c(=O)[nH]c(N)nc43)C(O)[C@H]2O1. The molecule has 2 unspecified atom stereocenters. The van der Waals surface area contributed by atoms with Crippen LogP contribution in [0.15, 0.2) is 4.79 Å². The Bertz CT molecular complexity index is 963. The van der Waals surface area contributed by atoms with E-state index in [-0.39, 0.29) is 23.7 Å². The van der Waals surface area contributed by atoms with E-state index in [0.717, 1.165) is 4.57 Å². The number of fused-ring (bicyclic) bond motifs is 2. The highest BCUT2D eigenvalue weighted by Gasteiger charge is 2.58. The standard InChI is InChI=1S/C10H11BN6O8P/c11-26(22)23-1-2-5(25-26)4(18)8(24-2)16-6-3(13-10(16)17(20)21)7(19)15-9(12)14-6/h2,4-5,8,18,22H,1H2,(H3,12,14,15,19)/q+1/t2-,4?,5+,8-,26?/m1/s1. The first-order valence-electron chi connectivity index (χ1n) is 7.17. The molecule has 2 aromatic rings. The van der Waals surface area contributed by atoms with Crippen LogP contribution < -0.4 is 11.3 Å². The minimum Gasteiger partial charge on any atom is -0.390 e. The van der Waals surface area contributed by atoms with Gasteiger partial charge in [-0.2, -0.15) is 18.6 Å². The smallest absolute Gasteiger partial charge is 0.390 e.